The molecular formula is CH2F3O3PS. The summed E-state index contributed by atoms with van der Waals surface area (Å²) in [5, 5.41) is 0. The lowest BCUT2D eigenvalue weighted by Crippen LogP contribution is -2.22. The van der Waals surface area contributed by atoms with Crippen LogP contribution in [0.3, 0.4) is 0 Å². The normalized spacial score (nSPS) is 13.8. The molecular weight excluding hydrogens is 180 g/mol. The van der Waals surface area contributed by atoms with Crippen LogP contribution in [0.2, 0.25) is 0 Å². The SMILES string of the molecule is O=S(=O)(OP)C(F)(F)F. The Labute approximate surface area is 51.6 Å². The first kappa shape index (κ1) is 9.13. The molecule has 0 bridgehead atoms. The van der Waals surface area contributed by atoms with E-state index in [1.54, 1.807) is 0 Å². The standard InChI is InChI=1S/CH2F3O3PS/c2-1(3,4)9(5,6)7-8/h8H2. The van der Waals surface area contributed by atoms with E-state index in [0.29, 0.717) is 0 Å². The van der Waals surface area contributed by atoms with Crippen LogP contribution in [0.1, 0.15) is 0 Å². The van der Waals surface area contributed by atoms with Gasteiger partial charge in [-0.15, -0.1) is 0 Å². The second kappa shape index (κ2) is 2.40. The maximum Gasteiger partial charge on any atom is 0.523 e. The van der Waals surface area contributed by atoms with Crippen LogP contribution in [0.15, 0.2) is 0 Å². The molecule has 1 unspecified atom stereocenters. The third-order valence-corrected chi connectivity index (χ3v) is 1.99. The molecule has 0 spiro atoms. The molecule has 0 aliphatic heterocycles. The summed E-state index contributed by atoms with van der Waals surface area (Å²) in [6, 6.07) is 0. The van der Waals surface area contributed by atoms with E-state index < -0.39 is 15.6 Å². The van der Waals surface area contributed by atoms with Gasteiger partial charge in [-0.1, -0.05) is 0 Å². The molecule has 0 aromatic heterocycles. The topological polar surface area (TPSA) is 43.4 Å². The summed E-state index contributed by atoms with van der Waals surface area (Å²) >= 11 is 0. The van der Waals surface area contributed by atoms with Gasteiger partial charge in [0.2, 0.25) is 0 Å². The first-order valence-electron chi connectivity index (χ1n) is 1.51. The Bertz CT molecular complexity index is 180. The highest BCUT2D eigenvalue weighted by molar-refractivity contribution is 7.89. The third-order valence-electron chi connectivity index (χ3n) is 0.410. The zero-order chi connectivity index (χ0) is 7.71. The molecule has 0 N–H and O–H groups in total. The predicted octanol–water partition coefficient (Wildman–Crippen LogP) is 0.643. The minimum absolute atomic E-state index is 1.00. The van der Waals surface area contributed by atoms with Gasteiger partial charge in [0.15, 0.2) is 0 Å². The third kappa shape index (κ3) is 2.08. The minimum Gasteiger partial charge on any atom is -0.247 e. The van der Waals surface area contributed by atoms with Crippen molar-refractivity contribution < 1.29 is 25.6 Å². The second-order valence-corrected chi connectivity index (χ2v) is 3.14. The molecule has 0 radical (unpaired) electrons. The molecule has 0 rings (SSSR count). The van der Waals surface area contributed by atoms with Crippen LogP contribution in [0.4, 0.5) is 13.2 Å². The van der Waals surface area contributed by atoms with Crippen molar-refractivity contribution in [2.24, 2.45) is 0 Å². The van der Waals surface area contributed by atoms with Crippen LogP contribution < -0.4 is 0 Å². The van der Waals surface area contributed by atoms with Gasteiger partial charge in [-0.2, -0.15) is 21.6 Å². The smallest absolute Gasteiger partial charge is 0.247 e. The Kier molecular flexibility index (Phi) is 2.43. The van der Waals surface area contributed by atoms with Crippen LogP contribution >= 0.6 is 9.47 Å². The molecule has 56 valence electrons. The molecule has 0 aliphatic rings. The molecule has 1 atom stereocenters. The van der Waals surface area contributed by atoms with Crippen molar-refractivity contribution in [1.29, 1.82) is 0 Å². The Morgan fingerprint density at radius 1 is 1.33 bits per heavy atom. The number of alkyl halides is 3. The zero-order valence-electron chi connectivity index (χ0n) is 3.84. The van der Waals surface area contributed by atoms with Crippen molar-refractivity contribution >= 4 is 19.6 Å². The molecule has 0 amide bonds. The summed E-state index contributed by atoms with van der Waals surface area (Å²) in [7, 11) is -4.37. The van der Waals surface area contributed by atoms with Crippen LogP contribution in [-0.4, -0.2) is 13.9 Å². The van der Waals surface area contributed by atoms with Gasteiger partial charge in [-0.05, 0) is 0 Å². The van der Waals surface area contributed by atoms with E-state index in [9.17, 15) is 21.6 Å². The van der Waals surface area contributed by atoms with Crippen molar-refractivity contribution in [3.05, 3.63) is 0 Å². The lowest BCUT2D eigenvalue weighted by molar-refractivity contribution is -0.0494. The van der Waals surface area contributed by atoms with Crippen LogP contribution in [0.25, 0.3) is 0 Å². The molecule has 0 saturated heterocycles. The summed E-state index contributed by atoms with van der Waals surface area (Å²) in [5.74, 6) is 0. The molecule has 0 heterocycles. The Morgan fingerprint density at radius 2 is 1.67 bits per heavy atom. The average Bonchev–Trinajstić information content (AvgIpc) is 1.64. The van der Waals surface area contributed by atoms with Gasteiger partial charge in [0, 0.05) is 9.47 Å². The molecule has 0 saturated carbocycles. The van der Waals surface area contributed by atoms with E-state index in [1.165, 1.54) is 0 Å². The minimum atomic E-state index is -5.37. The van der Waals surface area contributed by atoms with Crippen molar-refractivity contribution in [2.75, 3.05) is 0 Å². The fourth-order valence-electron chi connectivity index (χ4n) is 0.0546. The van der Waals surface area contributed by atoms with Gasteiger partial charge in [0.25, 0.3) is 0 Å². The second-order valence-electron chi connectivity index (χ2n) is 0.996. The van der Waals surface area contributed by atoms with E-state index in [2.05, 4.69) is 3.97 Å². The maximum atomic E-state index is 11.1. The zero-order valence-corrected chi connectivity index (χ0v) is 5.82. The highest BCUT2D eigenvalue weighted by Crippen LogP contribution is 2.25. The van der Waals surface area contributed by atoms with Gasteiger partial charge >= 0.3 is 15.6 Å². The van der Waals surface area contributed by atoms with E-state index >= 15 is 0 Å². The predicted molar refractivity (Wildman–Crippen MR) is 25.8 cm³/mol. The van der Waals surface area contributed by atoms with Gasteiger partial charge in [0.05, 0.1) is 0 Å². The summed E-state index contributed by atoms with van der Waals surface area (Å²) in [5.41, 5.74) is -5.32. The van der Waals surface area contributed by atoms with Gasteiger partial charge in [-0.3, -0.25) is 0 Å². The van der Waals surface area contributed by atoms with E-state index in [0.717, 1.165) is 9.47 Å². The summed E-state index contributed by atoms with van der Waals surface area (Å²) in [4.78, 5) is 0. The number of hydrogen-bond donors (Lipinski definition) is 0. The molecule has 0 fully saturated rings. The number of hydrogen-bond acceptors (Lipinski definition) is 3. The molecule has 0 aliphatic carbocycles. The van der Waals surface area contributed by atoms with E-state index in [-0.39, 0.29) is 0 Å². The Morgan fingerprint density at radius 3 is 1.67 bits per heavy atom. The number of rotatable bonds is 1. The van der Waals surface area contributed by atoms with Crippen molar-refractivity contribution in [3.8, 4) is 0 Å². The lowest BCUT2D eigenvalue weighted by Gasteiger charge is -2.02. The molecule has 8 heteroatoms. The molecule has 0 aromatic carbocycles. The number of halogens is 3. The molecule has 3 nitrogen and oxygen atoms in total. The summed E-state index contributed by atoms with van der Waals surface area (Å²) < 4.78 is 55.7. The highest BCUT2D eigenvalue weighted by Gasteiger charge is 2.46. The largest absolute Gasteiger partial charge is 0.523 e. The van der Waals surface area contributed by atoms with Gasteiger partial charge in [-0.25, -0.2) is 3.97 Å². The quantitative estimate of drug-likeness (QED) is 0.441. The van der Waals surface area contributed by atoms with Gasteiger partial charge < -0.3 is 0 Å². The monoisotopic (exact) mass is 182 g/mol. The molecule has 9 heavy (non-hydrogen) atoms. The van der Waals surface area contributed by atoms with Crippen molar-refractivity contribution in [1.82, 2.24) is 0 Å². The van der Waals surface area contributed by atoms with E-state index in [4.69, 9.17) is 0 Å². The average molecular weight is 182 g/mol. The lowest BCUT2D eigenvalue weighted by atomic mass is 11.6. The highest BCUT2D eigenvalue weighted by atomic mass is 32.2. The van der Waals surface area contributed by atoms with Crippen LogP contribution in [0.5, 0.6) is 0 Å². The van der Waals surface area contributed by atoms with Crippen LogP contribution in [-0.2, 0) is 14.1 Å². The fraction of sp³-hybridized carbons (Fsp3) is 1.00. The van der Waals surface area contributed by atoms with E-state index in [1.807, 2.05) is 0 Å². The van der Waals surface area contributed by atoms with Gasteiger partial charge in [0.1, 0.15) is 0 Å². The van der Waals surface area contributed by atoms with Crippen molar-refractivity contribution in [2.45, 2.75) is 5.51 Å². The fourth-order valence-corrected chi connectivity index (χ4v) is 0.491. The van der Waals surface area contributed by atoms with Crippen LogP contribution in [0, 0.1) is 0 Å². The van der Waals surface area contributed by atoms with Crippen molar-refractivity contribution in [3.63, 3.8) is 0 Å². The Balaban J connectivity index is 4.57. The summed E-state index contributed by atoms with van der Waals surface area (Å²) in [6.07, 6.45) is 0. The first-order chi connectivity index (χ1) is 3.81. The Hall–Kier alpha value is 0.130. The maximum absolute atomic E-state index is 11.1. The molecule has 0 aromatic rings. The first-order valence-corrected chi connectivity index (χ1v) is 3.39. The summed E-state index contributed by atoms with van der Waals surface area (Å²) in [6.45, 7) is 0.